The number of benzene rings is 1. The molecule has 0 aliphatic carbocycles. The van der Waals surface area contributed by atoms with E-state index in [0.29, 0.717) is 12.1 Å². The molecule has 0 aliphatic heterocycles. The van der Waals surface area contributed by atoms with Gasteiger partial charge in [-0.15, -0.1) is 0 Å². The predicted molar refractivity (Wildman–Crippen MR) is 51.5 cm³/mol. The van der Waals surface area contributed by atoms with E-state index in [1.807, 2.05) is 0 Å². The van der Waals surface area contributed by atoms with Crippen molar-refractivity contribution in [3.05, 3.63) is 35.4 Å². The minimum absolute atomic E-state index is 0.219. The fourth-order valence-corrected chi connectivity index (χ4v) is 1.44. The van der Waals surface area contributed by atoms with Crippen LogP contribution >= 0.6 is 11.6 Å². The maximum atomic E-state index is 13.5. The van der Waals surface area contributed by atoms with E-state index in [0.717, 1.165) is 0 Å². The zero-order chi connectivity index (χ0) is 15.1. The molecule has 0 saturated heterocycles. The molecular formula is C10H4ClF7O. The molecule has 0 heterocycles. The van der Waals surface area contributed by atoms with Gasteiger partial charge in [-0.2, -0.15) is 26.3 Å². The number of halogens is 8. The number of hydrogen-bond donors (Lipinski definition) is 0. The Bertz CT molecular complexity index is 460. The summed E-state index contributed by atoms with van der Waals surface area (Å²) in [5.41, 5.74) is -7.53. The number of alkyl halides is 7. The van der Waals surface area contributed by atoms with Crippen LogP contribution in [-0.2, 0) is 5.67 Å². The summed E-state index contributed by atoms with van der Waals surface area (Å²) < 4.78 is 87.6. The van der Waals surface area contributed by atoms with E-state index >= 15 is 0 Å². The molecule has 1 rings (SSSR count). The van der Waals surface area contributed by atoms with E-state index in [-0.39, 0.29) is 17.7 Å². The van der Waals surface area contributed by atoms with Crippen molar-refractivity contribution in [2.45, 2.75) is 18.0 Å². The summed E-state index contributed by atoms with van der Waals surface area (Å²) in [6.07, 6.45) is -12.4. The number of carbonyl (C=O) groups is 1. The Kier molecular flexibility index (Phi) is 3.86. The molecule has 0 spiro atoms. The van der Waals surface area contributed by atoms with Gasteiger partial charge in [0.05, 0.1) is 0 Å². The molecule has 9 heteroatoms. The summed E-state index contributed by atoms with van der Waals surface area (Å²) in [5, 5.41) is -1.09. The van der Waals surface area contributed by atoms with Crippen LogP contribution in [0.15, 0.2) is 24.3 Å². The van der Waals surface area contributed by atoms with Crippen molar-refractivity contribution < 1.29 is 35.5 Å². The monoisotopic (exact) mass is 308 g/mol. The average Bonchev–Trinajstić information content (AvgIpc) is 2.25. The lowest BCUT2D eigenvalue weighted by atomic mass is 9.93. The Hall–Kier alpha value is -1.31. The van der Waals surface area contributed by atoms with Crippen molar-refractivity contribution in [3.63, 3.8) is 0 Å². The van der Waals surface area contributed by atoms with Gasteiger partial charge in [-0.05, 0) is 23.7 Å². The lowest BCUT2D eigenvalue weighted by Gasteiger charge is -2.30. The van der Waals surface area contributed by atoms with Gasteiger partial charge in [0.1, 0.15) is 0 Å². The predicted octanol–water partition coefficient (Wildman–Crippen LogP) is 4.36. The summed E-state index contributed by atoms with van der Waals surface area (Å²) in [5.74, 6) is 0. The molecule has 0 N–H and O–H groups in total. The van der Waals surface area contributed by atoms with Gasteiger partial charge in [0, 0.05) is 11.1 Å². The summed E-state index contributed by atoms with van der Waals surface area (Å²) in [7, 11) is 0. The average molecular weight is 309 g/mol. The van der Waals surface area contributed by atoms with Gasteiger partial charge in [0.15, 0.2) is 0 Å². The van der Waals surface area contributed by atoms with Crippen molar-refractivity contribution in [2.24, 2.45) is 0 Å². The van der Waals surface area contributed by atoms with Crippen LogP contribution in [0.4, 0.5) is 30.7 Å². The van der Waals surface area contributed by atoms with E-state index in [2.05, 4.69) is 0 Å². The molecule has 0 saturated carbocycles. The lowest BCUT2D eigenvalue weighted by molar-refractivity contribution is -0.348. The third-order valence-electron chi connectivity index (χ3n) is 2.29. The van der Waals surface area contributed by atoms with Gasteiger partial charge in [0.25, 0.3) is 5.24 Å². The maximum absolute atomic E-state index is 13.5. The standard InChI is InChI=1S/C10H4ClF7O/c11-7(19)5-1-3-6(4-2-5)8(12,9(13,14)15)10(16,17)18/h1-4H. The molecule has 0 unspecified atom stereocenters. The van der Waals surface area contributed by atoms with Crippen molar-refractivity contribution in [3.8, 4) is 0 Å². The Morgan fingerprint density at radius 2 is 1.21 bits per heavy atom. The first-order valence-corrected chi connectivity index (χ1v) is 4.92. The highest BCUT2D eigenvalue weighted by atomic mass is 35.5. The fraction of sp³-hybridized carbons (Fsp3) is 0.300. The number of rotatable bonds is 2. The molecule has 0 bridgehead atoms. The molecule has 1 nitrogen and oxygen atoms in total. The molecule has 0 radical (unpaired) electrons. The fourth-order valence-electron chi connectivity index (χ4n) is 1.32. The molecule has 0 amide bonds. The van der Waals surface area contributed by atoms with Crippen molar-refractivity contribution in [2.75, 3.05) is 0 Å². The third-order valence-corrected chi connectivity index (χ3v) is 2.51. The van der Waals surface area contributed by atoms with Gasteiger partial charge in [-0.3, -0.25) is 4.79 Å². The highest BCUT2D eigenvalue weighted by Gasteiger charge is 2.73. The molecule has 1 aromatic rings. The second-order valence-corrected chi connectivity index (χ2v) is 3.85. The first kappa shape index (κ1) is 15.7. The molecule has 106 valence electrons. The first-order chi connectivity index (χ1) is 8.41. The van der Waals surface area contributed by atoms with E-state index in [1.54, 1.807) is 0 Å². The van der Waals surface area contributed by atoms with Crippen LogP contribution in [0.2, 0.25) is 0 Å². The van der Waals surface area contributed by atoms with Crippen LogP contribution in [0.1, 0.15) is 15.9 Å². The summed E-state index contributed by atoms with van der Waals surface area (Å²) in [6.45, 7) is 0. The molecule has 0 aromatic heterocycles. The van der Waals surface area contributed by atoms with Gasteiger partial charge >= 0.3 is 18.0 Å². The highest BCUT2D eigenvalue weighted by molar-refractivity contribution is 6.67. The minimum atomic E-state index is -6.18. The Morgan fingerprint density at radius 1 is 0.842 bits per heavy atom. The highest BCUT2D eigenvalue weighted by Crippen LogP contribution is 2.53. The topological polar surface area (TPSA) is 17.1 Å². The molecule has 0 fully saturated rings. The van der Waals surface area contributed by atoms with Crippen LogP contribution in [0, 0.1) is 0 Å². The molecule has 1 aromatic carbocycles. The van der Waals surface area contributed by atoms with E-state index in [9.17, 15) is 35.5 Å². The Balaban J connectivity index is 3.40. The lowest BCUT2D eigenvalue weighted by Crippen LogP contribution is -2.50. The van der Waals surface area contributed by atoms with Gasteiger partial charge in [0.2, 0.25) is 0 Å². The second-order valence-electron chi connectivity index (χ2n) is 3.51. The third kappa shape index (κ3) is 2.68. The number of hydrogen-bond acceptors (Lipinski definition) is 1. The van der Waals surface area contributed by atoms with Crippen LogP contribution in [0.25, 0.3) is 0 Å². The normalized spacial score (nSPS) is 13.5. The van der Waals surface area contributed by atoms with Crippen LogP contribution in [0.5, 0.6) is 0 Å². The first-order valence-electron chi connectivity index (χ1n) is 4.54. The van der Waals surface area contributed by atoms with Crippen LogP contribution in [0.3, 0.4) is 0 Å². The summed E-state index contributed by atoms with van der Waals surface area (Å²) in [6, 6.07) is 1.60. The van der Waals surface area contributed by atoms with E-state index in [4.69, 9.17) is 11.6 Å². The molecule has 0 aliphatic rings. The second kappa shape index (κ2) is 4.66. The van der Waals surface area contributed by atoms with Gasteiger partial charge in [-0.25, -0.2) is 4.39 Å². The Morgan fingerprint density at radius 3 is 1.47 bits per heavy atom. The van der Waals surface area contributed by atoms with Crippen molar-refractivity contribution in [1.29, 1.82) is 0 Å². The van der Waals surface area contributed by atoms with Crippen molar-refractivity contribution in [1.82, 2.24) is 0 Å². The van der Waals surface area contributed by atoms with E-state index in [1.165, 1.54) is 0 Å². The van der Waals surface area contributed by atoms with Crippen LogP contribution < -0.4 is 0 Å². The minimum Gasteiger partial charge on any atom is -0.276 e. The molecular weight excluding hydrogens is 305 g/mol. The smallest absolute Gasteiger partial charge is 0.276 e. The SMILES string of the molecule is O=C(Cl)c1ccc(C(F)(C(F)(F)F)C(F)(F)F)cc1. The summed E-state index contributed by atoms with van der Waals surface area (Å²) in [4.78, 5) is 10.6. The zero-order valence-corrected chi connectivity index (χ0v) is 9.50. The van der Waals surface area contributed by atoms with Crippen LogP contribution in [-0.4, -0.2) is 17.6 Å². The van der Waals surface area contributed by atoms with E-state index < -0.39 is 28.8 Å². The quantitative estimate of drug-likeness (QED) is 0.586. The summed E-state index contributed by atoms with van der Waals surface area (Å²) >= 11 is 4.97. The molecule has 19 heavy (non-hydrogen) atoms. The largest absolute Gasteiger partial charge is 0.435 e. The number of carbonyl (C=O) groups excluding carboxylic acids is 1. The zero-order valence-electron chi connectivity index (χ0n) is 8.74. The molecule has 0 atom stereocenters. The van der Waals surface area contributed by atoms with Gasteiger partial charge in [-0.1, -0.05) is 12.1 Å². The van der Waals surface area contributed by atoms with Gasteiger partial charge < -0.3 is 0 Å². The van der Waals surface area contributed by atoms with Crippen molar-refractivity contribution >= 4 is 16.8 Å². The Labute approximate surface area is 107 Å². The maximum Gasteiger partial charge on any atom is 0.435 e.